The normalized spacial score (nSPS) is 12.4. The summed E-state index contributed by atoms with van der Waals surface area (Å²) < 4.78 is 5.90. The molecule has 0 amide bonds. The van der Waals surface area contributed by atoms with Crippen molar-refractivity contribution in [3.05, 3.63) is 66.4 Å². The Morgan fingerprint density at radius 1 is 0.926 bits per heavy atom. The zero-order valence-electron chi connectivity index (χ0n) is 15.2. The number of fused-ring (bicyclic) bond motifs is 2. The third-order valence-electron chi connectivity index (χ3n) is 4.65. The van der Waals surface area contributed by atoms with E-state index in [0.717, 1.165) is 38.7 Å². The summed E-state index contributed by atoms with van der Waals surface area (Å²) in [7, 11) is 0. The van der Waals surface area contributed by atoms with Crippen molar-refractivity contribution < 1.29 is 4.74 Å². The summed E-state index contributed by atoms with van der Waals surface area (Å²) in [6.07, 6.45) is 0. The number of ether oxygens (including phenoxy) is 1. The minimum absolute atomic E-state index is 0.314. The Bertz CT molecular complexity index is 1110. The molecule has 5 heteroatoms. The van der Waals surface area contributed by atoms with Gasteiger partial charge in [-0.2, -0.15) is 0 Å². The SMILES string of the molecule is CCOc1ccc2ccccc2c1-c1nc(C(N)CN)c2ccccc2n1. The summed E-state index contributed by atoms with van der Waals surface area (Å²) in [6.45, 7) is 2.85. The molecule has 1 heterocycles. The molecule has 0 aliphatic carbocycles. The molecular weight excluding hydrogens is 336 g/mol. The molecule has 0 fully saturated rings. The molecule has 0 aliphatic rings. The Kier molecular flexibility index (Phi) is 4.71. The van der Waals surface area contributed by atoms with E-state index in [1.54, 1.807) is 0 Å². The van der Waals surface area contributed by atoms with Gasteiger partial charge >= 0.3 is 0 Å². The van der Waals surface area contributed by atoms with Crippen molar-refractivity contribution in [3.8, 4) is 17.1 Å². The molecule has 4 N–H and O–H groups in total. The van der Waals surface area contributed by atoms with Crippen molar-refractivity contribution in [2.24, 2.45) is 11.5 Å². The average Bonchev–Trinajstić information content (AvgIpc) is 2.72. The van der Waals surface area contributed by atoms with Crippen LogP contribution in [0.5, 0.6) is 5.75 Å². The molecule has 3 aromatic carbocycles. The fraction of sp³-hybridized carbons (Fsp3) is 0.182. The van der Waals surface area contributed by atoms with Crippen LogP contribution in [0, 0.1) is 0 Å². The van der Waals surface area contributed by atoms with Crippen molar-refractivity contribution in [3.63, 3.8) is 0 Å². The zero-order valence-corrected chi connectivity index (χ0v) is 15.2. The quantitative estimate of drug-likeness (QED) is 0.566. The maximum atomic E-state index is 6.27. The molecule has 0 saturated carbocycles. The second kappa shape index (κ2) is 7.31. The smallest absolute Gasteiger partial charge is 0.164 e. The first kappa shape index (κ1) is 17.4. The van der Waals surface area contributed by atoms with Crippen molar-refractivity contribution in [2.75, 3.05) is 13.2 Å². The van der Waals surface area contributed by atoms with E-state index >= 15 is 0 Å². The Morgan fingerprint density at radius 3 is 2.44 bits per heavy atom. The fourth-order valence-corrected chi connectivity index (χ4v) is 3.37. The first-order valence-corrected chi connectivity index (χ1v) is 9.10. The number of nitrogens with two attached hydrogens (primary N) is 2. The van der Waals surface area contributed by atoms with Gasteiger partial charge in [0.05, 0.1) is 29.4 Å². The lowest BCUT2D eigenvalue weighted by atomic mass is 10.0. The summed E-state index contributed by atoms with van der Waals surface area (Å²) in [6, 6.07) is 19.7. The van der Waals surface area contributed by atoms with Crippen LogP contribution in [0.25, 0.3) is 33.1 Å². The van der Waals surface area contributed by atoms with Crippen LogP contribution >= 0.6 is 0 Å². The summed E-state index contributed by atoms with van der Waals surface area (Å²) in [4.78, 5) is 9.67. The van der Waals surface area contributed by atoms with Crippen LogP contribution in [0.4, 0.5) is 0 Å². The van der Waals surface area contributed by atoms with Crippen molar-refractivity contribution in [2.45, 2.75) is 13.0 Å². The van der Waals surface area contributed by atoms with Gasteiger partial charge in [0.15, 0.2) is 5.82 Å². The van der Waals surface area contributed by atoms with Crippen LogP contribution in [0.1, 0.15) is 18.7 Å². The van der Waals surface area contributed by atoms with E-state index in [9.17, 15) is 0 Å². The molecule has 4 aromatic rings. The molecule has 1 aromatic heterocycles. The van der Waals surface area contributed by atoms with Crippen LogP contribution in [0.2, 0.25) is 0 Å². The number of hydrogen-bond donors (Lipinski definition) is 2. The van der Waals surface area contributed by atoms with Crippen LogP contribution in [0.3, 0.4) is 0 Å². The maximum absolute atomic E-state index is 6.27. The average molecular weight is 358 g/mol. The fourth-order valence-electron chi connectivity index (χ4n) is 3.37. The standard InChI is InChI=1S/C22H22N4O/c1-2-27-19-12-11-14-7-3-4-8-15(14)20(19)22-25-18-10-6-5-9-16(18)21(26-22)17(24)13-23/h3-12,17H,2,13,23-24H2,1H3. The number of benzene rings is 3. The van der Waals surface area contributed by atoms with Gasteiger partial charge in [-0.25, -0.2) is 9.97 Å². The van der Waals surface area contributed by atoms with Crippen molar-refractivity contribution >= 4 is 21.7 Å². The molecule has 136 valence electrons. The second-order valence-electron chi connectivity index (χ2n) is 6.38. The predicted molar refractivity (Wildman–Crippen MR) is 110 cm³/mol. The lowest BCUT2D eigenvalue weighted by molar-refractivity contribution is 0.342. The lowest BCUT2D eigenvalue weighted by Gasteiger charge is -2.16. The number of para-hydroxylation sites is 1. The zero-order chi connectivity index (χ0) is 18.8. The summed E-state index contributed by atoms with van der Waals surface area (Å²) >= 11 is 0. The molecule has 27 heavy (non-hydrogen) atoms. The van der Waals surface area contributed by atoms with E-state index in [1.165, 1.54) is 0 Å². The Hall–Kier alpha value is -3.02. The van der Waals surface area contributed by atoms with Crippen LogP contribution in [-0.4, -0.2) is 23.1 Å². The third kappa shape index (κ3) is 3.12. The summed E-state index contributed by atoms with van der Waals surface area (Å²) in [5.41, 5.74) is 14.6. The van der Waals surface area contributed by atoms with E-state index in [2.05, 4.69) is 18.2 Å². The highest BCUT2D eigenvalue weighted by molar-refractivity contribution is 5.99. The summed E-state index contributed by atoms with van der Waals surface area (Å²) in [5, 5.41) is 3.08. The van der Waals surface area contributed by atoms with Crippen LogP contribution < -0.4 is 16.2 Å². The van der Waals surface area contributed by atoms with Gasteiger partial charge in [-0.1, -0.05) is 48.5 Å². The summed E-state index contributed by atoms with van der Waals surface area (Å²) in [5.74, 6) is 1.37. The molecular formula is C22H22N4O. The van der Waals surface area contributed by atoms with Gasteiger partial charge in [0.25, 0.3) is 0 Å². The van der Waals surface area contributed by atoms with Gasteiger partial charge in [0, 0.05) is 11.9 Å². The number of nitrogens with zero attached hydrogens (tertiary/aromatic N) is 2. The van der Waals surface area contributed by atoms with E-state index in [-0.39, 0.29) is 6.04 Å². The predicted octanol–water partition coefficient (Wildman–Crippen LogP) is 3.81. The topological polar surface area (TPSA) is 87.0 Å². The molecule has 1 atom stereocenters. The number of aromatic nitrogens is 2. The second-order valence-corrected chi connectivity index (χ2v) is 6.38. The van der Waals surface area contributed by atoms with E-state index < -0.39 is 0 Å². The molecule has 0 radical (unpaired) electrons. The maximum Gasteiger partial charge on any atom is 0.164 e. The molecule has 1 unspecified atom stereocenters. The number of rotatable bonds is 5. The van der Waals surface area contributed by atoms with Crippen LogP contribution in [0.15, 0.2) is 60.7 Å². The van der Waals surface area contributed by atoms with Gasteiger partial charge in [0.2, 0.25) is 0 Å². The molecule has 5 nitrogen and oxygen atoms in total. The van der Waals surface area contributed by atoms with Gasteiger partial charge in [-0.3, -0.25) is 0 Å². The molecule has 4 rings (SSSR count). The molecule has 0 saturated heterocycles. The first-order chi connectivity index (χ1) is 13.2. The van der Waals surface area contributed by atoms with E-state index in [0.29, 0.717) is 19.0 Å². The third-order valence-corrected chi connectivity index (χ3v) is 4.65. The highest BCUT2D eigenvalue weighted by atomic mass is 16.5. The monoisotopic (exact) mass is 358 g/mol. The van der Waals surface area contributed by atoms with Gasteiger partial charge in [-0.05, 0) is 29.8 Å². The minimum Gasteiger partial charge on any atom is -0.493 e. The van der Waals surface area contributed by atoms with Crippen molar-refractivity contribution in [1.82, 2.24) is 9.97 Å². The highest BCUT2D eigenvalue weighted by Gasteiger charge is 2.18. The largest absolute Gasteiger partial charge is 0.493 e. The Balaban J connectivity index is 2.06. The molecule has 0 spiro atoms. The van der Waals surface area contributed by atoms with Gasteiger partial charge < -0.3 is 16.2 Å². The first-order valence-electron chi connectivity index (χ1n) is 9.10. The van der Waals surface area contributed by atoms with Gasteiger partial charge in [0.1, 0.15) is 5.75 Å². The van der Waals surface area contributed by atoms with Crippen molar-refractivity contribution in [1.29, 1.82) is 0 Å². The van der Waals surface area contributed by atoms with E-state index in [1.807, 2.05) is 49.4 Å². The Labute approximate surface area is 158 Å². The molecule has 0 bridgehead atoms. The molecule has 0 aliphatic heterocycles. The number of hydrogen-bond acceptors (Lipinski definition) is 5. The van der Waals surface area contributed by atoms with E-state index in [4.69, 9.17) is 26.2 Å². The minimum atomic E-state index is -0.359. The van der Waals surface area contributed by atoms with Gasteiger partial charge in [-0.15, -0.1) is 0 Å². The lowest BCUT2D eigenvalue weighted by Crippen LogP contribution is -2.22. The highest BCUT2D eigenvalue weighted by Crippen LogP contribution is 2.36. The Morgan fingerprint density at radius 2 is 1.67 bits per heavy atom. The van der Waals surface area contributed by atoms with Crippen LogP contribution in [-0.2, 0) is 0 Å².